The number of ether oxygens (including phenoxy) is 2. The molecule has 11 heteroatoms. The van der Waals surface area contributed by atoms with Crippen molar-refractivity contribution in [3.63, 3.8) is 0 Å². The lowest BCUT2D eigenvalue weighted by atomic mass is 9.34. The van der Waals surface area contributed by atoms with Gasteiger partial charge in [-0.1, -0.05) is 58.4 Å². The normalized spacial score (nSPS) is 38.6. The topological polar surface area (TPSA) is 170 Å². The van der Waals surface area contributed by atoms with E-state index < -0.39 is 51.0 Å². The Balaban J connectivity index is 1.15. The molecule has 0 unspecified atom stereocenters. The molecule has 6 N–H and O–H groups in total. The molecule has 3 aromatic rings. The number of nitrogens with zero attached hydrogens (tertiary/aromatic N) is 1. The molecule has 366 valence electrons. The number of ketones is 2. The summed E-state index contributed by atoms with van der Waals surface area (Å²) >= 11 is 0. The number of rotatable bonds is 11. The van der Waals surface area contributed by atoms with Gasteiger partial charge in [-0.3, -0.25) is 9.59 Å². The second-order valence-electron chi connectivity index (χ2n) is 24.6. The highest BCUT2D eigenvalue weighted by Crippen LogP contribution is 2.76. The predicted molar refractivity (Wildman–Crippen MR) is 259 cm³/mol. The van der Waals surface area contributed by atoms with Gasteiger partial charge in [0.1, 0.15) is 11.9 Å². The van der Waals surface area contributed by atoms with E-state index in [2.05, 4.69) is 87.0 Å². The molecule has 12 atom stereocenters. The van der Waals surface area contributed by atoms with Crippen LogP contribution in [0.2, 0.25) is 0 Å². The number of nitrogens with one attached hydrogen (secondary N) is 2. The Morgan fingerprint density at radius 2 is 1.72 bits per heavy atom. The molecule has 11 nitrogen and oxygen atoms in total. The van der Waals surface area contributed by atoms with Crippen molar-refractivity contribution < 1.29 is 39.5 Å². The van der Waals surface area contributed by atoms with E-state index in [4.69, 9.17) is 9.47 Å². The third kappa shape index (κ3) is 7.03. The largest absolute Gasteiger partial charge is 0.396 e. The molecule has 67 heavy (non-hydrogen) atoms. The van der Waals surface area contributed by atoms with Gasteiger partial charge in [0.25, 0.3) is 0 Å². The predicted octanol–water partition coefficient (Wildman–Crippen LogP) is 7.95. The maximum Gasteiger partial charge on any atom is 0.160 e. The van der Waals surface area contributed by atoms with Crippen LogP contribution in [0.4, 0.5) is 0 Å². The van der Waals surface area contributed by atoms with Crippen molar-refractivity contribution in [2.45, 2.75) is 174 Å². The number of aliphatic hydroxyl groups excluding tert-OH is 3. The number of allylic oxidation sites excluding steroid dienone is 1. The van der Waals surface area contributed by atoms with Crippen LogP contribution >= 0.6 is 0 Å². The summed E-state index contributed by atoms with van der Waals surface area (Å²) in [6.45, 7) is 19.8. The molecule has 5 heterocycles. The summed E-state index contributed by atoms with van der Waals surface area (Å²) in [5, 5.41) is 51.8. The minimum Gasteiger partial charge on any atom is -0.396 e. The molecule has 3 aliphatic heterocycles. The van der Waals surface area contributed by atoms with Gasteiger partial charge < -0.3 is 44.8 Å². The molecule has 0 spiro atoms. The van der Waals surface area contributed by atoms with Crippen LogP contribution in [0, 0.1) is 51.8 Å². The SMILES string of the molecule is CNCC[C@]1(C)C(=O)CC[C@@]2(C)[C@H]3[C@H](O)[C@@H]4Cn5cc([C@H](CCO)c6cc(C)cc(C7(O)CCOCC7)c6)c6[nH]cc(c65)CC[C@@](C)(C[C@@H](O)[C@H]5OC5(C)C)C5=C4[C@](C)(CC5=O)[C@@]3(C)CC[C@H]21. The van der Waals surface area contributed by atoms with Crippen LogP contribution in [0.15, 0.2) is 41.7 Å². The third-order valence-corrected chi connectivity index (χ3v) is 20.3. The second kappa shape index (κ2) is 16.2. The van der Waals surface area contributed by atoms with Crippen molar-refractivity contribution in [2.24, 2.45) is 44.8 Å². The second-order valence-corrected chi connectivity index (χ2v) is 24.6. The average molecular weight is 922 g/mol. The number of aromatic amines is 1. The highest BCUT2D eigenvalue weighted by molar-refractivity contribution is 6.02. The first-order valence-corrected chi connectivity index (χ1v) is 25.8. The van der Waals surface area contributed by atoms with Gasteiger partial charge in [0.05, 0.1) is 34.4 Å². The Morgan fingerprint density at radius 1 is 0.985 bits per heavy atom. The van der Waals surface area contributed by atoms with Gasteiger partial charge in [0.15, 0.2) is 5.78 Å². The van der Waals surface area contributed by atoms with Gasteiger partial charge in [-0.2, -0.15) is 0 Å². The smallest absolute Gasteiger partial charge is 0.160 e. The number of aliphatic hydroxyl groups is 4. The number of carbonyl (C=O) groups is 2. The van der Waals surface area contributed by atoms with Gasteiger partial charge in [0.2, 0.25) is 0 Å². The quantitative estimate of drug-likeness (QED) is 0.105. The summed E-state index contributed by atoms with van der Waals surface area (Å²) < 4.78 is 14.1. The summed E-state index contributed by atoms with van der Waals surface area (Å²) in [5.74, 6) is -0.219. The zero-order chi connectivity index (χ0) is 47.9. The summed E-state index contributed by atoms with van der Waals surface area (Å²) in [4.78, 5) is 33.3. The van der Waals surface area contributed by atoms with Crippen LogP contribution in [0.1, 0.15) is 153 Å². The minimum atomic E-state index is -0.992. The van der Waals surface area contributed by atoms with Gasteiger partial charge in [-0.25, -0.2) is 0 Å². The van der Waals surface area contributed by atoms with E-state index in [0.717, 1.165) is 82.2 Å². The Morgan fingerprint density at radius 3 is 2.40 bits per heavy atom. The van der Waals surface area contributed by atoms with Crippen LogP contribution in [-0.2, 0) is 37.6 Å². The lowest BCUT2D eigenvalue weighted by Crippen LogP contribution is -2.68. The first-order valence-electron chi connectivity index (χ1n) is 25.8. The molecular formula is C56H79N3O8. The Kier molecular flexibility index (Phi) is 11.5. The molecule has 3 saturated carbocycles. The van der Waals surface area contributed by atoms with Crippen molar-refractivity contribution in [1.82, 2.24) is 14.9 Å². The maximum atomic E-state index is 15.4. The van der Waals surface area contributed by atoms with Gasteiger partial charge in [-0.05, 0) is 136 Å². The van der Waals surface area contributed by atoms with Crippen LogP contribution in [-0.4, -0.2) is 98.9 Å². The average Bonchev–Trinajstić information content (AvgIpc) is 3.52. The third-order valence-electron chi connectivity index (χ3n) is 20.3. The number of hydrogen-bond acceptors (Lipinski definition) is 9. The molecule has 7 aliphatic rings. The van der Waals surface area contributed by atoms with E-state index in [1.807, 2.05) is 20.9 Å². The van der Waals surface area contributed by atoms with Crippen molar-refractivity contribution in [1.29, 1.82) is 0 Å². The Hall–Kier alpha value is -3.16. The molecule has 0 bridgehead atoms. The monoisotopic (exact) mass is 922 g/mol. The molecule has 2 saturated heterocycles. The van der Waals surface area contributed by atoms with Crippen LogP contribution < -0.4 is 5.32 Å². The minimum absolute atomic E-state index is 0.0255. The number of aromatic nitrogens is 2. The van der Waals surface area contributed by atoms with Crippen LogP contribution in [0.25, 0.3) is 11.0 Å². The Bertz CT molecular complexity index is 2500. The summed E-state index contributed by atoms with van der Waals surface area (Å²) in [5.41, 5.74) is 5.13. The zero-order valence-corrected chi connectivity index (χ0v) is 41.8. The highest BCUT2D eigenvalue weighted by Gasteiger charge is 2.73. The van der Waals surface area contributed by atoms with E-state index in [0.29, 0.717) is 76.9 Å². The van der Waals surface area contributed by atoms with E-state index in [9.17, 15) is 25.2 Å². The number of epoxide rings is 1. The molecule has 2 aromatic heterocycles. The number of benzene rings is 1. The molecule has 10 rings (SSSR count). The van der Waals surface area contributed by atoms with Gasteiger partial charge in [-0.15, -0.1) is 0 Å². The highest BCUT2D eigenvalue weighted by atomic mass is 16.6. The molecular weight excluding hydrogens is 843 g/mol. The molecule has 5 fully saturated rings. The molecule has 0 amide bonds. The van der Waals surface area contributed by atoms with Crippen molar-refractivity contribution in [3.05, 3.63) is 69.6 Å². The first kappa shape index (κ1) is 47.5. The van der Waals surface area contributed by atoms with E-state index >= 15 is 4.79 Å². The zero-order valence-electron chi connectivity index (χ0n) is 41.8. The summed E-state index contributed by atoms with van der Waals surface area (Å²) in [6, 6.07) is 6.41. The van der Waals surface area contributed by atoms with Gasteiger partial charge in [0, 0.05) is 98.2 Å². The Labute approximate surface area is 397 Å². The fraction of sp³-hybridized carbons (Fsp3) is 0.714. The van der Waals surface area contributed by atoms with E-state index in [1.165, 1.54) is 0 Å². The van der Waals surface area contributed by atoms with Crippen molar-refractivity contribution in [2.75, 3.05) is 33.4 Å². The summed E-state index contributed by atoms with van der Waals surface area (Å²) in [7, 11) is 1.95. The van der Waals surface area contributed by atoms with Crippen molar-refractivity contribution >= 4 is 22.6 Å². The number of Topliss-reactive ketones (excluding diaryl/α,β-unsaturated/α-hetero) is 2. The maximum absolute atomic E-state index is 15.4. The molecule has 1 aromatic carbocycles. The lowest BCUT2D eigenvalue weighted by Gasteiger charge is -2.70. The number of hydrogen-bond donors (Lipinski definition) is 6. The standard InChI is InChI=1S/C56H79N3O8/c1-32-24-34(26-35(25-32)56(65)18-22-66-23-19-56)36(13-21-60)37-30-59-31-38-43-44(51(4,27-40(62)49-50(2,3)67-49)14-10-33-29-58-45(37)46(33)59)39(61)28-55(43,8)54(7)16-11-41-52(5,17-20-57-9)42(63)12-15-53(41,6)48(54)47(38)64/h24-26,29-30,36,38,40-41,47-49,57-58,60,62,64-65H,10-23,27-28,31H2,1-9H3/t36-,38-,40-,41+,47-,48-,49-,51+,52+,53-,54+,55+/m1/s1. The van der Waals surface area contributed by atoms with Crippen LogP contribution in [0.5, 0.6) is 0 Å². The van der Waals surface area contributed by atoms with Gasteiger partial charge >= 0.3 is 0 Å². The first-order chi connectivity index (χ1) is 31.6. The molecule has 4 aliphatic carbocycles. The number of carbonyl (C=O) groups excluding carboxylic acids is 2. The number of fused-ring (bicyclic) bond motifs is 4. The van der Waals surface area contributed by atoms with E-state index in [-0.39, 0.29) is 41.7 Å². The lowest BCUT2D eigenvalue weighted by molar-refractivity contribution is -0.222. The van der Waals surface area contributed by atoms with Crippen LogP contribution in [0.3, 0.4) is 0 Å². The number of aryl methyl sites for hydroxylation is 2. The molecule has 0 radical (unpaired) electrons. The fourth-order valence-electron chi connectivity index (χ4n) is 16.7. The number of H-pyrrole nitrogens is 1. The van der Waals surface area contributed by atoms with Crippen molar-refractivity contribution in [3.8, 4) is 0 Å². The fourth-order valence-corrected chi connectivity index (χ4v) is 16.7. The summed E-state index contributed by atoms with van der Waals surface area (Å²) in [6.07, 6.45) is 9.69. The van der Waals surface area contributed by atoms with E-state index in [1.54, 1.807) is 0 Å².